The van der Waals surface area contributed by atoms with E-state index >= 15 is 14.4 Å². The number of hydrogen-bond donors (Lipinski definition) is 0. The minimum Gasteiger partial charge on any atom is -0.497 e. The Bertz CT molecular complexity index is 2040. The van der Waals surface area contributed by atoms with Crippen LogP contribution in [0.2, 0.25) is 0 Å². The van der Waals surface area contributed by atoms with E-state index in [4.69, 9.17) is 9.47 Å². The molecule has 0 aromatic heterocycles. The molecular weight excluding hydrogens is 610 g/mol. The summed E-state index contributed by atoms with van der Waals surface area (Å²) in [6.07, 6.45) is 0. The molecule has 1 saturated carbocycles. The van der Waals surface area contributed by atoms with Crippen molar-refractivity contribution in [3.63, 3.8) is 0 Å². The van der Waals surface area contributed by atoms with Crippen LogP contribution in [-0.4, -0.2) is 31.8 Å². The molecule has 242 valence electrons. The van der Waals surface area contributed by atoms with Crippen LogP contribution in [-0.2, 0) is 25.2 Å². The van der Waals surface area contributed by atoms with Crippen LogP contribution >= 0.6 is 0 Å². The number of aryl methyl sites for hydroxylation is 2. The predicted octanol–water partition coefficient (Wildman–Crippen LogP) is 7.51. The highest BCUT2D eigenvalue weighted by Gasteiger charge is 2.82. The fraction of sp³-hybridized carbons (Fsp3) is 0.186. The number of amides is 2. The molecule has 6 nitrogen and oxygen atoms in total. The maximum atomic E-state index is 16.1. The van der Waals surface area contributed by atoms with Gasteiger partial charge in [0.25, 0.3) is 0 Å². The Hall–Kier alpha value is -5.75. The van der Waals surface area contributed by atoms with Crippen molar-refractivity contribution in [2.24, 2.45) is 11.8 Å². The molecule has 5 aromatic carbocycles. The Balaban J connectivity index is 1.54. The fourth-order valence-corrected chi connectivity index (χ4v) is 8.93. The number of carbonyl (C=O) groups excluding carboxylic acids is 3. The SMILES string of the molecule is COc1ccc(C2=C(c3ccc(OC)cc3)[C@]3(c4ccccc4)C(=O)[C@]2(c2ccccc2)[C@@H]2C(=O)N(c4ccc(C)cc4C)C(=O)[C@H]23)cc1. The van der Waals surface area contributed by atoms with Crippen molar-refractivity contribution in [2.45, 2.75) is 24.7 Å². The molecule has 8 rings (SSSR count). The second-order valence-electron chi connectivity index (χ2n) is 13.1. The lowest BCUT2D eigenvalue weighted by Gasteiger charge is -2.39. The number of rotatable bonds is 7. The van der Waals surface area contributed by atoms with Gasteiger partial charge in [-0.15, -0.1) is 0 Å². The summed E-state index contributed by atoms with van der Waals surface area (Å²) in [6, 6.07) is 40.1. The molecule has 3 aliphatic rings. The third-order valence-electron chi connectivity index (χ3n) is 10.8. The molecule has 5 aromatic rings. The van der Waals surface area contributed by atoms with Gasteiger partial charge in [0.15, 0.2) is 5.78 Å². The molecule has 1 heterocycles. The molecule has 0 N–H and O–H groups in total. The number of allylic oxidation sites excluding steroid dienone is 2. The highest BCUT2D eigenvalue weighted by Crippen LogP contribution is 2.74. The zero-order valence-electron chi connectivity index (χ0n) is 27.8. The number of methoxy groups -OCH3 is 2. The summed E-state index contributed by atoms with van der Waals surface area (Å²) in [7, 11) is 3.23. The summed E-state index contributed by atoms with van der Waals surface area (Å²) in [5.41, 5.74) is 3.83. The van der Waals surface area contributed by atoms with Crippen molar-refractivity contribution in [2.75, 3.05) is 19.1 Å². The standard InChI is InChI=1S/C43H35NO5/c1-26-15-24-34(27(2)25-26)44-39(45)37-38(40(44)46)43(31-13-9-6-10-14-31)36(29-18-22-33(49-4)23-19-29)35(28-16-20-32(48-3)21-17-28)42(37,41(43)47)30-11-7-5-8-12-30/h5-25,37-38H,1-4H3/t37-,38-,42-,43-/m0/s1. The lowest BCUT2D eigenvalue weighted by atomic mass is 9.59. The number of Topliss-reactive ketones (excluding diaryl/α,β-unsaturated/α-hetero) is 1. The molecule has 1 aliphatic heterocycles. The molecule has 0 unspecified atom stereocenters. The first-order valence-corrected chi connectivity index (χ1v) is 16.4. The number of ether oxygens (including phenoxy) is 2. The van der Waals surface area contributed by atoms with Crippen LogP contribution in [0.15, 0.2) is 127 Å². The summed E-state index contributed by atoms with van der Waals surface area (Å²) >= 11 is 0. The van der Waals surface area contributed by atoms with E-state index in [0.717, 1.165) is 33.4 Å². The summed E-state index contributed by atoms with van der Waals surface area (Å²) in [4.78, 5) is 47.9. The lowest BCUT2D eigenvalue weighted by molar-refractivity contribution is -0.130. The van der Waals surface area contributed by atoms with Gasteiger partial charge in [0.1, 0.15) is 11.5 Å². The first-order chi connectivity index (χ1) is 23.8. The molecule has 6 heteroatoms. The number of imide groups is 1. The second kappa shape index (κ2) is 11.2. The van der Waals surface area contributed by atoms with E-state index in [0.29, 0.717) is 28.3 Å². The lowest BCUT2D eigenvalue weighted by Crippen LogP contribution is -2.45. The van der Waals surface area contributed by atoms with E-state index in [2.05, 4.69) is 0 Å². The minimum atomic E-state index is -1.48. The Morgan fingerprint density at radius 3 is 1.37 bits per heavy atom. The molecule has 0 radical (unpaired) electrons. The monoisotopic (exact) mass is 645 g/mol. The number of fused-ring (bicyclic) bond motifs is 5. The molecule has 2 amide bonds. The number of nitrogens with zero attached hydrogens (tertiary/aromatic N) is 1. The average Bonchev–Trinajstić information content (AvgIpc) is 3.64. The predicted molar refractivity (Wildman–Crippen MR) is 189 cm³/mol. The summed E-state index contributed by atoms with van der Waals surface area (Å²) in [5.74, 6) is -1.53. The maximum absolute atomic E-state index is 16.1. The van der Waals surface area contributed by atoms with Crippen LogP contribution in [0.25, 0.3) is 11.1 Å². The quantitative estimate of drug-likeness (QED) is 0.171. The van der Waals surface area contributed by atoms with Gasteiger partial charge in [-0.05, 0) is 83.1 Å². The van der Waals surface area contributed by atoms with Crippen LogP contribution in [0.1, 0.15) is 33.4 Å². The summed E-state index contributed by atoms with van der Waals surface area (Å²) < 4.78 is 11.1. The molecular formula is C43H35NO5. The normalized spacial score (nSPS) is 24.1. The molecule has 2 aliphatic carbocycles. The Morgan fingerprint density at radius 2 is 0.980 bits per heavy atom. The van der Waals surface area contributed by atoms with Crippen LogP contribution in [0.3, 0.4) is 0 Å². The highest BCUT2D eigenvalue weighted by molar-refractivity contribution is 6.39. The first-order valence-electron chi connectivity index (χ1n) is 16.4. The van der Waals surface area contributed by atoms with Crippen molar-refractivity contribution in [1.82, 2.24) is 0 Å². The largest absolute Gasteiger partial charge is 0.497 e. The molecule has 1 saturated heterocycles. The summed E-state index contributed by atoms with van der Waals surface area (Å²) in [6.45, 7) is 3.90. The van der Waals surface area contributed by atoms with E-state index in [1.807, 2.05) is 141 Å². The highest BCUT2D eigenvalue weighted by atomic mass is 16.5. The number of carbonyl (C=O) groups is 3. The molecule has 2 bridgehead atoms. The topological polar surface area (TPSA) is 72.9 Å². The van der Waals surface area contributed by atoms with E-state index < -0.39 is 22.7 Å². The van der Waals surface area contributed by atoms with Gasteiger partial charge < -0.3 is 9.47 Å². The number of benzene rings is 5. The van der Waals surface area contributed by atoms with Gasteiger partial charge in [-0.25, -0.2) is 4.90 Å². The number of anilines is 1. The van der Waals surface area contributed by atoms with Gasteiger partial charge in [-0.1, -0.05) is 103 Å². The zero-order chi connectivity index (χ0) is 34.1. The minimum absolute atomic E-state index is 0.161. The fourth-order valence-electron chi connectivity index (χ4n) is 8.93. The van der Waals surface area contributed by atoms with Crippen LogP contribution in [0.5, 0.6) is 11.5 Å². The first kappa shape index (κ1) is 30.6. The van der Waals surface area contributed by atoms with E-state index in [-0.39, 0.29) is 17.6 Å². The van der Waals surface area contributed by atoms with Gasteiger partial charge in [0, 0.05) is 0 Å². The Labute approximate surface area is 285 Å². The van der Waals surface area contributed by atoms with Crippen LogP contribution < -0.4 is 14.4 Å². The average molecular weight is 646 g/mol. The van der Waals surface area contributed by atoms with Gasteiger partial charge in [0.05, 0.1) is 42.6 Å². The van der Waals surface area contributed by atoms with Gasteiger partial charge in [-0.2, -0.15) is 0 Å². The van der Waals surface area contributed by atoms with E-state index in [1.165, 1.54) is 4.90 Å². The van der Waals surface area contributed by atoms with Gasteiger partial charge in [-0.3, -0.25) is 14.4 Å². The molecule has 4 atom stereocenters. The van der Waals surface area contributed by atoms with Gasteiger partial charge in [0.2, 0.25) is 11.8 Å². The smallest absolute Gasteiger partial charge is 0.239 e. The Kier molecular flexibility index (Phi) is 6.97. The third kappa shape index (κ3) is 3.97. The Morgan fingerprint density at radius 1 is 0.551 bits per heavy atom. The summed E-state index contributed by atoms with van der Waals surface area (Å²) in [5, 5.41) is 0. The van der Waals surface area contributed by atoms with Crippen molar-refractivity contribution in [3.8, 4) is 11.5 Å². The molecule has 0 spiro atoms. The van der Waals surface area contributed by atoms with Crippen molar-refractivity contribution >= 4 is 34.4 Å². The van der Waals surface area contributed by atoms with E-state index in [1.54, 1.807) is 14.2 Å². The molecule has 2 fully saturated rings. The molecule has 49 heavy (non-hydrogen) atoms. The number of hydrogen-bond acceptors (Lipinski definition) is 5. The van der Waals surface area contributed by atoms with Crippen LogP contribution in [0, 0.1) is 25.7 Å². The second-order valence-corrected chi connectivity index (χ2v) is 13.1. The van der Waals surface area contributed by atoms with Crippen molar-refractivity contribution < 1.29 is 23.9 Å². The maximum Gasteiger partial charge on any atom is 0.239 e. The van der Waals surface area contributed by atoms with Crippen molar-refractivity contribution in [1.29, 1.82) is 0 Å². The van der Waals surface area contributed by atoms with Gasteiger partial charge >= 0.3 is 0 Å². The third-order valence-corrected chi connectivity index (χ3v) is 10.8. The van der Waals surface area contributed by atoms with E-state index in [9.17, 15) is 0 Å². The number of ketones is 1. The zero-order valence-corrected chi connectivity index (χ0v) is 27.8. The van der Waals surface area contributed by atoms with Crippen molar-refractivity contribution in [3.05, 3.63) is 161 Å². The van der Waals surface area contributed by atoms with Crippen LogP contribution in [0.4, 0.5) is 5.69 Å².